The Morgan fingerprint density at radius 3 is 2.95 bits per heavy atom. The number of carbonyl (C=O) groups is 1. The van der Waals surface area contributed by atoms with E-state index >= 15 is 0 Å². The van der Waals surface area contributed by atoms with Crippen molar-refractivity contribution in [2.75, 3.05) is 33.2 Å². The second-order valence-electron chi connectivity index (χ2n) is 6.46. The van der Waals surface area contributed by atoms with Crippen molar-refractivity contribution in [3.8, 4) is 0 Å². The summed E-state index contributed by atoms with van der Waals surface area (Å²) in [5.74, 6) is 1.49. The number of likely N-dealkylation sites (tertiary alicyclic amines) is 1. The molecule has 0 aliphatic carbocycles. The molecule has 2 saturated heterocycles. The van der Waals surface area contributed by atoms with E-state index < -0.39 is 0 Å². The molecule has 2 N–H and O–H groups in total. The minimum Gasteiger partial charge on any atom is -0.356 e. The standard InChI is InChI=1S/C15H29N3O/c1-12-5-3-7-16-14(12)9-15(19)17-10-13-6-4-8-18(2)11-13/h12-14,16H,3-11H2,1-2H3,(H,17,19). The Morgan fingerprint density at radius 2 is 2.21 bits per heavy atom. The lowest BCUT2D eigenvalue weighted by molar-refractivity contribution is -0.122. The third-order valence-electron chi connectivity index (χ3n) is 4.64. The van der Waals surface area contributed by atoms with Crippen molar-refractivity contribution in [2.24, 2.45) is 11.8 Å². The van der Waals surface area contributed by atoms with Crippen molar-refractivity contribution in [2.45, 2.75) is 45.1 Å². The summed E-state index contributed by atoms with van der Waals surface area (Å²) in [5, 5.41) is 6.61. The molecule has 110 valence electrons. The van der Waals surface area contributed by atoms with Gasteiger partial charge in [0, 0.05) is 25.6 Å². The summed E-state index contributed by atoms with van der Waals surface area (Å²) in [6.45, 7) is 6.49. The van der Waals surface area contributed by atoms with Crippen LogP contribution in [-0.4, -0.2) is 50.1 Å². The predicted molar refractivity (Wildman–Crippen MR) is 78.0 cm³/mol. The molecule has 2 aliphatic rings. The predicted octanol–water partition coefficient (Wildman–Crippen LogP) is 1.22. The molecule has 0 spiro atoms. The van der Waals surface area contributed by atoms with Gasteiger partial charge in [-0.1, -0.05) is 6.92 Å². The molecule has 0 saturated carbocycles. The van der Waals surface area contributed by atoms with Crippen LogP contribution in [0, 0.1) is 11.8 Å². The van der Waals surface area contributed by atoms with Gasteiger partial charge in [0.25, 0.3) is 0 Å². The molecule has 0 aromatic carbocycles. The highest BCUT2D eigenvalue weighted by atomic mass is 16.1. The third-order valence-corrected chi connectivity index (χ3v) is 4.64. The topological polar surface area (TPSA) is 44.4 Å². The Kier molecular flexibility index (Phi) is 5.64. The van der Waals surface area contributed by atoms with Gasteiger partial charge in [0.05, 0.1) is 0 Å². The van der Waals surface area contributed by atoms with Gasteiger partial charge in [0.1, 0.15) is 0 Å². The van der Waals surface area contributed by atoms with Crippen LogP contribution in [-0.2, 0) is 4.79 Å². The fraction of sp³-hybridized carbons (Fsp3) is 0.933. The monoisotopic (exact) mass is 267 g/mol. The highest BCUT2D eigenvalue weighted by molar-refractivity contribution is 5.76. The number of piperidine rings is 2. The van der Waals surface area contributed by atoms with Gasteiger partial charge in [-0.2, -0.15) is 0 Å². The zero-order valence-corrected chi connectivity index (χ0v) is 12.5. The summed E-state index contributed by atoms with van der Waals surface area (Å²) < 4.78 is 0. The maximum absolute atomic E-state index is 12.0. The molecule has 4 nitrogen and oxygen atoms in total. The van der Waals surface area contributed by atoms with E-state index in [0.717, 1.165) is 19.6 Å². The Labute approximate surface area is 117 Å². The molecule has 0 aromatic rings. The molecule has 0 radical (unpaired) electrons. The minimum absolute atomic E-state index is 0.222. The Balaban J connectivity index is 1.66. The molecule has 1 amide bonds. The van der Waals surface area contributed by atoms with Gasteiger partial charge >= 0.3 is 0 Å². The Hall–Kier alpha value is -0.610. The Bertz CT molecular complexity index is 295. The number of carbonyl (C=O) groups excluding carboxylic acids is 1. The van der Waals surface area contributed by atoms with Crippen molar-refractivity contribution < 1.29 is 4.79 Å². The van der Waals surface area contributed by atoms with Crippen LogP contribution in [0.15, 0.2) is 0 Å². The average Bonchev–Trinajstić information content (AvgIpc) is 2.39. The molecule has 3 unspecified atom stereocenters. The SMILES string of the molecule is CC1CCCNC1CC(=O)NCC1CCCN(C)C1. The summed E-state index contributed by atoms with van der Waals surface area (Å²) in [6, 6.07) is 0.378. The summed E-state index contributed by atoms with van der Waals surface area (Å²) in [5.41, 5.74) is 0. The molecule has 2 fully saturated rings. The third kappa shape index (κ3) is 4.77. The molecular weight excluding hydrogens is 238 g/mol. The lowest BCUT2D eigenvalue weighted by Crippen LogP contribution is -2.45. The quantitative estimate of drug-likeness (QED) is 0.805. The average molecular weight is 267 g/mol. The minimum atomic E-state index is 0.222. The van der Waals surface area contributed by atoms with E-state index in [1.165, 1.54) is 32.2 Å². The van der Waals surface area contributed by atoms with Crippen LogP contribution >= 0.6 is 0 Å². The summed E-state index contributed by atoms with van der Waals surface area (Å²) in [7, 11) is 2.17. The maximum Gasteiger partial charge on any atom is 0.221 e. The van der Waals surface area contributed by atoms with Crippen LogP contribution in [0.3, 0.4) is 0 Å². The normalized spacial score (nSPS) is 33.1. The first kappa shape index (κ1) is 14.8. The highest BCUT2D eigenvalue weighted by Crippen LogP contribution is 2.18. The largest absolute Gasteiger partial charge is 0.356 e. The van der Waals surface area contributed by atoms with Crippen molar-refractivity contribution in [1.82, 2.24) is 15.5 Å². The Morgan fingerprint density at radius 1 is 1.37 bits per heavy atom. The van der Waals surface area contributed by atoms with Crippen LogP contribution in [0.5, 0.6) is 0 Å². The van der Waals surface area contributed by atoms with Crippen LogP contribution in [0.25, 0.3) is 0 Å². The van der Waals surface area contributed by atoms with Crippen LogP contribution < -0.4 is 10.6 Å². The second-order valence-corrected chi connectivity index (χ2v) is 6.46. The van der Waals surface area contributed by atoms with Crippen LogP contribution in [0.4, 0.5) is 0 Å². The number of hydrogen-bond acceptors (Lipinski definition) is 3. The van der Waals surface area contributed by atoms with Gasteiger partial charge in [0.2, 0.25) is 5.91 Å². The highest BCUT2D eigenvalue weighted by Gasteiger charge is 2.24. The maximum atomic E-state index is 12.0. The molecule has 2 rings (SSSR count). The van der Waals surface area contributed by atoms with E-state index in [9.17, 15) is 4.79 Å². The molecular formula is C15H29N3O. The number of amides is 1. The summed E-state index contributed by atoms with van der Waals surface area (Å²) >= 11 is 0. The van der Waals surface area contributed by atoms with E-state index in [1.807, 2.05) is 0 Å². The first-order valence-corrected chi connectivity index (χ1v) is 7.84. The van der Waals surface area contributed by atoms with E-state index in [-0.39, 0.29) is 5.91 Å². The molecule has 3 atom stereocenters. The molecule has 19 heavy (non-hydrogen) atoms. The summed E-state index contributed by atoms with van der Waals surface area (Å²) in [4.78, 5) is 14.4. The van der Waals surface area contributed by atoms with Gasteiger partial charge in [-0.3, -0.25) is 4.79 Å². The summed E-state index contributed by atoms with van der Waals surface area (Å²) in [6.07, 6.45) is 5.65. The van der Waals surface area contributed by atoms with Crippen LogP contribution in [0.2, 0.25) is 0 Å². The van der Waals surface area contributed by atoms with E-state index in [1.54, 1.807) is 0 Å². The lowest BCUT2D eigenvalue weighted by atomic mass is 9.90. The fourth-order valence-corrected chi connectivity index (χ4v) is 3.36. The van der Waals surface area contributed by atoms with Gasteiger partial charge in [0.15, 0.2) is 0 Å². The number of nitrogens with one attached hydrogen (secondary N) is 2. The van der Waals surface area contributed by atoms with Crippen molar-refractivity contribution in [3.05, 3.63) is 0 Å². The zero-order chi connectivity index (χ0) is 13.7. The molecule has 0 aromatic heterocycles. The van der Waals surface area contributed by atoms with Gasteiger partial charge < -0.3 is 15.5 Å². The zero-order valence-electron chi connectivity index (χ0n) is 12.5. The second kappa shape index (κ2) is 7.25. The smallest absolute Gasteiger partial charge is 0.221 e. The number of rotatable bonds is 4. The van der Waals surface area contributed by atoms with Crippen molar-refractivity contribution in [3.63, 3.8) is 0 Å². The first-order chi connectivity index (χ1) is 9.15. The number of nitrogens with zero attached hydrogens (tertiary/aromatic N) is 1. The fourth-order valence-electron chi connectivity index (χ4n) is 3.36. The molecule has 4 heteroatoms. The number of hydrogen-bond donors (Lipinski definition) is 2. The molecule has 2 heterocycles. The first-order valence-electron chi connectivity index (χ1n) is 7.84. The molecule has 2 aliphatic heterocycles. The van der Waals surface area contributed by atoms with Gasteiger partial charge in [-0.15, -0.1) is 0 Å². The van der Waals surface area contributed by atoms with E-state index in [2.05, 4.69) is 29.5 Å². The van der Waals surface area contributed by atoms with Gasteiger partial charge in [-0.05, 0) is 57.7 Å². The van der Waals surface area contributed by atoms with E-state index in [4.69, 9.17) is 0 Å². The van der Waals surface area contributed by atoms with E-state index in [0.29, 0.717) is 24.3 Å². The van der Waals surface area contributed by atoms with Gasteiger partial charge in [-0.25, -0.2) is 0 Å². The lowest BCUT2D eigenvalue weighted by Gasteiger charge is -2.31. The molecule has 0 bridgehead atoms. The van der Waals surface area contributed by atoms with Crippen molar-refractivity contribution >= 4 is 5.91 Å². The van der Waals surface area contributed by atoms with Crippen LogP contribution in [0.1, 0.15) is 39.0 Å². The van der Waals surface area contributed by atoms with Crippen molar-refractivity contribution in [1.29, 1.82) is 0 Å².